The zero-order valence-corrected chi connectivity index (χ0v) is 13.5. The molecule has 2 aliphatic rings. The number of aromatic nitrogens is 2. The third-order valence-corrected chi connectivity index (χ3v) is 5.30. The molecule has 2 fully saturated rings. The molecule has 0 radical (unpaired) electrons. The molecule has 0 spiro atoms. The van der Waals surface area contributed by atoms with Crippen molar-refractivity contribution in [1.82, 2.24) is 9.97 Å². The van der Waals surface area contributed by atoms with E-state index in [1.165, 1.54) is 57.8 Å². The minimum Gasteiger partial charge on any atom is -0.342 e. The molecular weight excluding hydrogens is 272 g/mol. The van der Waals surface area contributed by atoms with Crippen molar-refractivity contribution in [2.75, 3.05) is 0 Å². The summed E-state index contributed by atoms with van der Waals surface area (Å²) in [5, 5.41) is 0. The van der Waals surface area contributed by atoms with Crippen LogP contribution in [-0.4, -0.2) is 15.8 Å². The molecule has 1 aromatic heterocycles. The van der Waals surface area contributed by atoms with Crippen molar-refractivity contribution in [2.24, 2.45) is 17.8 Å². The Morgan fingerprint density at radius 3 is 2.77 bits per heavy atom. The average Bonchev–Trinajstić information content (AvgIpc) is 3.24. The molecule has 3 heteroatoms. The first-order chi connectivity index (χ1) is 10.8. The number of nitrogens with one attached hydrogen (secondary N) is 1. The highest BCUT2D eigenvalue weighted by atomic mass is 16.1. The maximum atomic E-state index is 12.2. The van der Waals surface area contributed by atoms with Crippen LogP contribution in [0.3, 0.4) is 0 Å². The van der Waals surface area contributed by atoms with Gasteiger partial charge < -0.3 is 4.98 Å². The zero-order chi connectivity index (χ0) is 15.2. The summed E-state index contributed by atoms with van der Waals surface area (Å²) in [7, 11) is 0. The van der Waals surface area contributed by atoms with Crippen molar-refractivity contribution < 1.29 is 4.79 Å². The van der Waals surface area contributed by atoms with E-state index in [2.05, 4.69) is 22.1 Å². The molecule has 3 nitrogen and oxygen atoms in total. The second-order valence-corrected chi connectivity index (χ2v) is 7.10. The van der Waals surface area contributed by atoms with E-state index in [4.69, 9.17) is 0 Å². The standard InChI is InChI=1S/C19H28N2O/c22-19(18-13-20-14-21-18)12-17(16-10-11-16)9-5-4-8-15-6-2-1-3-7-15/h5,9,13-17H,1-4,6-8,10-12H2,(H,20,21)/t17-/m1/s1. The molecule has 2 saturated carbocycles. The van der Waals surface area contributed by atoms with Crippen LogP contribution in [-0.2, 0) is 0 Å². The molecule has 1 heterocycles. The number of H-pyrrole nitrogens is 1. The number of ketones is 1. The van der Waals surface area contributed by atoms with Crippen LogP contribution >= 0.6 is 0 Å². The molecule has 22 heavy (non-hydrogen) atoms. The van der Waals surface area contributed by atoms with E-state index in [0.717, 1.165) is 11.8 Å². The number of carbonyl (C=O) groups excluding carboxylic acids is 1. The third-order valence-electron chi connectivity index (χ3n) is 5.30. The van der Waals surface area contributed by atoms with Crippen LogP contribution in [0.15, 0.2) is 24.7 Å². The molecule has 120 valence electrons. The number of carbonyl (C=O) groups is 1. The molecule has 2 aliphatic carbocycles. The third kappa shape index (κ3) is 4.56. The first-order valence-corrected chi connectivity index (χ1v) is 9.01. The molecule has 0 aromatic carbocycles. The van der Waals surface area contributed by atoms with E-state index in [0.29, 0.717) is 18.0 Å². The van der Waals surface area contributed by atoms with Gasteiger partial charge in [-0.05, 0) is 43.4 Å². The predicted octanol–water partition coefficient (Wildman–Crippen LogP) is 4.93. The molecule has 3 rings (SSSR count). The molecule has 0 aliphatic heterocycles. The number of Topliss-reactive ketones (excluding diaryl/α,β-unsaturated/α-hetero) is 1. The SMILES string of the molecule is O=C(C[C@@H](C=CCCC1CCCCC1)C1CC1)c1cnc[nH]1. The summed E-state index contributed by atoms with van der Waals surface area (Å²) in [5.41, 5.74) is 0.654. The minimum atomic E-state index is 0.200. The smallest absolute Gasteiger partial charge is 0.181 e. The Morgan fingerprint density at radius 2 is 2.09 bits per heavy atom. The normalized spacial score (nSPS) is 21.3. The van der Waals surface area contributed by atoms with Gasteiger partial charge in [-0.25, -0.2) is 4.98 Å². The molecule has 1 N–H and O–H groups in total. The van der Waals surface area contributed by atoms with Gasteiger partial charge in [0.1, 0.15) is 5.69 Å². The quantitative estimate of drug-likeness (QED) is 0.547. The number of hydrogen-bond donors (Lipinski definition) is 1. The van der Waals surface area contributed by atoms with Gasteiger partial charge in [-0.1, -0.05) is 44.3 Å². The van der Waals surface area contributed by atoms with Crippen molar-refractivity contribution >= 4 is 5.78 Å². The molecule has 0 saturated heterocycles. The van der Waals surface area contributed by atoms with Crippen LogP contribution in [0.25, 0.3) is 0 Å². The van der Waals surface area contributed by atoms with Crippen molar-refractivity contribution in [1.29, 1.82) is 0 Å². The van der Waals surface area contributed by atoms with Crippen molar-refractivity contribution in [3.8, 4) is 0 Å². The Bertz CT molecular complexity index is 482. The van der Waals surface area contributed by atoms with E-state index in [1.807, 2.05) is 0 Å². The minimum absolute atomic E-state index is 0.200. The number of aromatic amines is 1. The van der Waals surface area contributed by atoms with Gasteiger partial charge in [0, 0.05) is 6.42 Å². The van der Waals surface area contributed by atoms with Crippen LogP contribution in [0.4, 0.5) is 0 Å². The zero-order valence-electron chi connectivity index (χ0n) is 13.5. The molecule has 1 atom stereocenters. The van der Waals surface area contributed by atoms with Gasteiger partial charge in [-0.3, -0.25) is 4.79 Å². The number of nitrogens with zero attached hydrogens (tertiary/aromatic N) is 1. The van der Waals surface area contributed by atoms with Crippen molar-refractivity contribution in [3.05, 3.63) is 30.4 Å². The number of rotatable bonds is 8. The first-order valence-electron chi connectivity index (χ1n) is 9.01. The van der Waals surface area contributed by atoms with Gasteiger partial charge in [-0.15, -0.1) is 0 Å². The Labute approximate surface area is 133 Å². The lowest BCUT2D eigenvalue weighted by atomic mass is 9.86. The topological polar surface area (TPSA) is 45.8 Å². The maximum absolute atomic E-state index is 12.2. The van der Waals surface area contributed by atoms with Gasteiger partial charge >= 0.3 is 0 Å². The Morgan fingerprint density at radius 1 is 1.27 bits per heavy atom. The van der Waals surface area contributed by atoms with Gasteiger partial charge in [0.25, 0.3) is 0 Å². The average molecular weight is 300 g/mol. The maximum Gasteiger partial charge on any atom is 0.181 e. The van der Waals surface area contributed by atoms with E-state index < -0.39 is 0 Å². The van der Waals surface area contributed by atoms with E-state index in [-0.39, 0.29) is 5.78 Å². The van der Waals surface area contributed by atoms with Crippen molar-refractivity contribution in [2.45, 2.75) is 64.2 Å². The lowest BCUT2D eigenvalue weighted by Gasteiger charge is -2.20. The molecule has 1 aromatic rings. The number of allylic oxidation sites excluding steroid dienone is 2. The van der Waals surface area contributed by atoms with Crippen LogP contribution in [0.5, 0.6) is 0 Å². The molecular formula is C19H28N2O. The van der Waals surface area contributed by atoms with Crippen LogP contribution in [0.1, 0.15) is 74.7 Å². The van der Waals surface area contributed by atoms with E-state index in [9.17, 15) is 4.79 Å². The second kappa shape index (κ2) is 7.75. The molecule has 0 amide bonds. The largest absolute Gasteiger partial charge is 0.342 e. The fourth-order valence-corrected chi connectivity index (χ4v) is 3.73. The predicted molar refractivity (Wildman–Crippen MR) is 88.7 cm³/mol. The first kappa shape index (κ1) is 15.5. The highest BCUT2D eigenvalue weighted by Gasteiger charge is 2.31. The summed E-state index contributed by atoms with van der Waals surface area (Å²) < 4.78 is 0. The van der Waals surface area contributed by atoms with Crippen LogP contribution in [0.2, 0.25) is 0 Å². The van der Waals surface area contributed by atoms with E-state index >= 15 is 0 Å². The Kier molecular flexibility index (Phi) is 5.47. The number of imidazole rings is 1. The Hall–Kier alpha value is -1.38. The summed E-state index contributed by atoms with van der Waals surface area (Å²) in [6, 6.07) is 0. The van der Waals surface area contributed by atoms with Crippen molar-refractivity contribution in [3.63, 3.8) is 0 Å². The summed E-state index contributed by atoms with van der Waals surface area (Å²) in [4.78, 5) is 19.1. The number of hydrogen-bond acceptors (Lipinski definition) is 2. The fourth-order valence-electron chi connectivity index (χ4n) is 3.73. The second-order valence-electron chi connectivity index (χ2n) is 7.10. The van der Waals surface area contributed by atoms with Gasteiger partial charge in [0.2, 0.25) is 0 Å². The highest BCUT2D eigenvalue weighted by Crippen LogP contribution is 2.40. The highest BCUT2D eigenvalue weighted by molar-refractivity contribution is 5.94. The lowest BCUT2D eigenvalue weighted by molar-refractivity contribution is 0.0961. The summed E-state index contributed by atoms with van der Waals surface area (Å²) >= 11 is 0. The van der Waals surface area contributed by atoms with Gasteiger partial charge in [0.05, 0.1) is 12.5 Å². The molecule has 0 unspecified atom stereocenters. The van der Waals surface area contributed by atoms with Crippen LogP contribution in [0, 0.1) is 17.8 Å². The van der Waals surface area contributed by atoms with Gasteiger partial charge in [0.15, 0.2) is 5.78 Å². The molecule has 0 bridgehead atoms. The fraction of sp³-hybridized carbons (Fsp3) is 0.684. The van der Waals surface area contributed by atoms with E-state index in [1.54, 1.807) is 12.5 Å². The summed E-state index contributed by atoms with van der Waals surface area (Å²) in [5.74, 6) is 2.32. The lowest BCUT2D eigenvalue weighted by Crippen LogP contribution is -2.09. The Balaban J connectivity index is 1.44. The summed E-state index contributed by atoms with van der Waals surface area (Å²) in [6.45, 7) is 0. The van der Waals surface area contributed by atoms with Gasteiger partial charge in [-0.2, -0.15) is 0 Å². The monoisotopic (exact) mass is 300 g/mol. The summed E-state index contributed by atoms with van der Waals surface area (Å²) in [6.07, 6.45) is 20.8. The van der Waals surface area contributed by atoms with Crippen LogP contribution < -0.4 is 0 Å².